The first-order valence-corrected chi connectivity index (χ1v) is 7.22. The van der Waals surface area contributed by atoms with Crippen LogP contribution in [0, 0.1) is 0 Å². The fourth-order valence-electron chi connectivity index (χ4n) is 2.26. The Labute approximate surface area is 127 Å². The Morgan fingerprint density at radius 3 is 2.64 bits per heavy atom. The summed E-state index contributed by atoms with van der Waals surface area (Å²) in [5.74, 6) is -0.243. The predicted molar refractivity (Wildman–Crippen MR) is 82.1 cm³/mol. The zero-order chi connectivity index (χ0) is 15.5. The fourth-order valence-corrected chi connectivity index (χ4v) is 2.26. The van der Waals surface area contributed by atoms with Crippen LogP contribution < -0.4 is 10.9 Å². The molecule has 1 saturated carbocycles. The van der Waals surface area contributed by atoms with E-state index in [4.69, 9.17) is 0 Å². The number of amides is 1. The van der Waals surface area contributed by atoms with Crippen LogP contribution in [0.5, 0.6) is 0 Å². The number of nitrogens with one attached hydrogen (secondary N) is 1. The molecule has 0 radical (unpaired) electrons. The van der Waals surface area contributed by atoms with Gasteiger partial charge >= 0.3 is 0 Å². The quantitative estimate of drug-likeness (QED) is 0.852. The molecule has 0 unspecified atom stereocenters. The SMILES string of the molecule is O=Cc1cc(C(=O)NC2CC2)cn(Cc2ccccc2)c1=O. The normalized spacial score (nSPS) is 13.6. The van der Waals surface area contributed by atoms with Gasteiger partial charge in [0.05, 0.1) is 17.7 Å². The molecule has 1 fully saturated rings. The van der Waals surface area contributed by atoms with Crippen molar-refractivity contribution in [2.45, 2.75) is 25.4 Å². The molecule has 22 heavy (non-hydrogen) atoms. The van der Waals surface area contributed by atoms with Gasteiger partial charge in [-0.15, -0.1) is 0 Å². The van der Waals surface area contributed by atoms with E-state index in [0.29, 0.717) is 18.4 Å². The highest BCUT2D eigenvalue weighted by Crippen LogP contribution is 2.19. The maximum Gasteiger partial charge on any atom is 0.261 e. The lowest BCUT2D eigenvalue weighted by molar-refractivity contribution is 0.0950. The molecule has 1 aliphatic carbocycles. The van der Waals surface area contributed by atoms with Gasteiger partial charge < -0.3 is 9.88 Å². The van der Waals surface area contributed by atoms with E-state index in [9.17, 15) is 14.4 Å². The summed E-state index contributed by atoms with van der Waals surface area (Å²) in [5.41, 5.74) is 0.881. The summed E-state index contributed by atoms with van der Waals surface area (Å²) in [6.45, 7) is 0.324. The van der Waals surface area contributed by atoms with E-state index in [0.717, 1.165) is 18.4 Å². The molecule has 1 amide bonds. The Kier molecular flexibility index (Phi) is 3.87. The molecule has 1 aromatic heterocycles. The fraction of sp³-hybridized carbons (Fsp3) is 0.235. The van der Waals surface area contributed by atoms with Crippen LogP contribution in [0.1, 0.15) is 39.1 Å². The molecule has 2 aromatic rings. The van der Waals surface area contributed by atoms with Gasteiger partial charge in [-0.3, -0.25) is 14.4 Å². The highest BCUT2D eigenvalue weighted by Gasteiger charge is 2.24. The topological polar surface area (TPSA) is 68.2 Å². The van der Waals surface area contributed by atoms with Gasteiger partial charge in [0.2, 0.25) is 0 Å². The summed E-state index contributed by atoms with van der Waals surface area (Å²) >= 11 is 0. The Bertz CT molecular complexity index is 761. The summed E-state index contributed by atoms with van der Waals surface area (Å²) < 4.78 is 1.40. The number of pyridine rings is 1. The molecule has 1 aromatic carbocycles. The second-order valence-electron chi connectivity index (χ2n) is 5.47. The molecular formula is C17H16N2O3. The number of hydrogen-bond donors (Lipinski definition) is 1. The van der Waals surface area contributed by atoms with Crippen molar-refractivity contribution in [2.24, 2.45) is 0 Å². The molecule has 0 saturated heterocycles. The van der Waals surface area contributed by atoms with E-state index in [1.54, 1.807) is 0 Å². The lowest BCUT2D eigenvalue weighted by Crippen LogP contribution is -2.30. The van der Waals surface area contributed by atoms with Crippen LogP contribution in [0.25, 0.3) is 0 Å². The highest BCUT2D eigenvalue weighted by molar-refractivity contribution is 5.95. The van der Waals surface area contributed by atoms with Gasteiger partial charge in [-0.1, -0.05) is 30.3 Å². The highest BCUT2D eigenvalue weighted by atomic mass is 16.2. The van der Waals surface area contributed by atoms with Crippen molar-refractivity contribution in [3.05, 3.63) is 69.6 Å². The van der Waals surface area contributed by atoms with Crippen molar-refractivity contribution in [3.8, 4) is 0 Å². The third-order valence-electron chi connectivity index (χ3n) is 3.61. The Balaban J connectivity index is 1.95. The second-order valence-corrected chi connectivity index (χ2v) is 5.47. The minimum atomic E-state index is -0.387. The van der Waals surface area contributed by atoms with Gasteiger partial charge in [-0.05, 0) is 24.5 Å². The van der Waals surface area contributed by atoms with Crippen molar-refractivity contribution >= 4 is 12.2 Å². The lowest BCUT2D eigenvalue weighted by Gasteiger charge is -2.10. The molecule has 0 atom stereocenters. The zero-order valence-corrected chi connectivity index (χ0v) is 12.0. The van der Waals surface area contributed by atoms with E-state index in [1.165, 1.54) is 16.8 Å². The average Bonchev–Trinajstić information content (AvgIpc) is 3.34. The van der Waals surface area contributed by atoms with Gasteiger partial charge in [0.1, 0.15) is 0 Å². The molecule has 0 bridgehead atoms. The summed E-state index contributed by atoms with van der Waals surface area (Å²) in [6.07, 6.45) is 3.98. The monoisotopic (exact) mass is 296 g/mol. The molecule has 1 N–H and O–H groups in total. The third-order valence-corrected chi connectivity index (χ3v) is 3.61. The average molecular weight is 296 g/mol. The van der Waals surface area contributed by atoms with E-state index in [2.05, 4.69) is 5.32 Å². The number of aldehydes is 1. The molecule has 112 valence electrons. The molecule has 5 nitrogen and oxygen atoms in total. The summed E-state index contributed by atoms with van der Waals surface area (Å²) in [5, 5.41) is 2.86. The molecule has 5 heteroatoms. The van der Waals surface area contributed by atoms with Gasteiger partial charge in [0.25, 0.3) is 11.5 Å². The van der Waals surface area contributed by atoms with Gasteiger partial charge in [0, 0.05) is 12.2 Å². The largest absolute Gasteiger partial charge is 0.349 e. The van der Waals surface area contributed by atoms with E-state index in [1.807, 2.05) is 30.3 Å². The van der Waals surface area contributed by atoms with Crippen molar-refractivity contribution in [1.82, 2.24) is 9.88 Å². The van der Waals surface area contributed by atoms with Crippen LogP contribution in [-0.2, 0) is 6.54 Å². The minimum absolute atomic E-state index is 0.000576. The number of carbonyl (C=O) groups is 2. The van der Waals surface area contributed by atoms with Crippen molar-refractivity contribution in [2.75, 3.05) is 0 Å². The lowest BCUT2D eigenvalue weighted by atomic mass is 10.1. The smallest absolute Gasteiger partial charge is 0.261 e. The summed E-state index contributed by atoms with van der Waals surface area (Å²) in [4.78, 5) is 35.4. The van der Waals surface area contributed by atoms with Gasteiger partial charge in [0.15, 0.2) is 6.29 Å². The standard InChI is InChI=1S/C17H16N2O3/c20-11-14-8-13(16(21)18-15-6-7-15)10-19(17(14)22)9-12-4-2-1-3-5-12/h1-5,8,10-11,15H,6-7,9H2,(H,18,21). The van der Waals surface area contributed by atoms with Crippen molar-refractivity contribution in [1.29, 1.82) is 0 Å². The van der Waals surface area contributed by atoms with Crippen LogP contribution in [0.15, 0.2) is 47.4 Å². The second kappa shape index (κ2) is 5.97. The predicted octanol–water partition coefficient (Wildman–Crippen LogP) is 1.60. The Morgan fingerprint density at radius 1 is 1.27 bits per heavy atom. The molecular weight excluding hydrogens is 280 g/mol. The van der Waals surface area contributed by atoms with Crippen LogP contribution in [0.4, 0.5) is 0 Å². The number of hydrogen-bond acceptors (Lipinski definition) is 3. The molecule has 1 aliphatic rings. The van der Waals surface area contributed by atoms with Crippen LogP contribution in [-0.4, -0.2) is 22.8 Å². The number of nitrogens with zero attached hydrogens (tertiary/aromatic N) is 1. The molecule has 1 heterocycles. The van der Waals surface area contributed by atoms with Crippen molar-refractivity contribution < 1.29 is 9.59 Å². The maximum absolute atomic E-state index is 12.2. The van der Waals surface area contributed by atoms with E-state index < -0.39 is 0 Å². The number of carbonyl (C=O) groups excluding carboxylic acids is 2. The number of benzene rings is 1. The van der Waals surface area contributed by atoms with Crippen LogP contribution >= 0.6 is 0 Å². The van der Waals surface area contributed by atoms with E-state index in [-0.39, 0.29) is 23.1 Å². The first kappa shape index (κ1) is 14.3. The summed E-state index contributed by atoms with van der Waals surface area (Å²) in [7, 11) is 0. The number of aromatic nitrogens is 1. The minimum Gasteiger partial charge on any atom is -0.349 e. The Hall–Kier alpha value is -2.69. The maximum atomic E-state index is 12.2. The molecule has 0 aliphatic heterocycles. The zero-order valence-electron chi connectivity index (χ0n) is 12.0. The van der Waals surface area contributed by atoms with Gasteiger partial charge in [-0.2, -0.15) is 0 Å². The molecule has 3 rings (SSSR count). The van der Waals surface area contributed by atoms with Crippen LogP contribution in [0.3, 0.4) is 0 Å². The van der Waals surface area contributed by atoms with E-state index >= 15 is 0 Å². The first-order chi connectivity index (χ1) is 10.7. The Morgan fingerprint density at radius 2 is 2.00 bits per heavy atom. The first-order valence-electron chi connectivity index (χ1n) is 7.22. The van der Waals surface area contributed by atoms with Crippen LogP contribution in [0.2, 0.25) is 0 Å². The van der Waals surface area contributed by atoms with Gasteiger partial charge in [-0.25, -0.2) is 0 Å². The number of rotatable bonds is 5. The van der Waals surface area contributed by atoms with Crippen molar-refractivity contribution in [3.63, 3.8) is 0 Å². The third kappa shape index (κ3) is 3.14. The summed E-state index contributed by atoms with van der Waals surface area (Å²) in [6, 6.07) is 11.0. The molecule has 0 spiro atoms.